The number of carbonyl (C=O) groups excluding carboxylic acids is 1. The molecule has 1 N–H and O–H groups in total. The molecule has 4 aromatic rings. The third-order valence-corrected chi connectivity index (χ3v) is 5.12. The summed E-state index contributed by atoms with van der Waals surface area (Å²) in [7, 11) is 0. The molecule has 0 spiro atoms. The number of nitrogens with one attached hydrogen (secondary N) is 1. The summed E-state index contributed by atoms with van der Waals surface area (Å²) in [6.07, 6.45) is 0. The lowest BCUT2D eigenvalue weighted by Gasteiger charge is -2.09. The van der Waals surface area contributed by atoms with Crippen molar-refractivity contribution in [1.29, 1.82) is 0 Å². The summed E-state index contributed by atoms with van der Waals surface area (Å²) >= 11 is 1.25. The van der Waals surface area contributed by atoms with Gasteiger partial charge in [-0.05, 0) is 48.2 Å². The number of hydrazone groups is 1. The number of carbonyl (C=O) groups is 1. The van der Waals surface area contributed by atoms with Crippen LogP contribution in [0.15, 0.2) is 95.2 Å². The molecule has 1 heterocycles. The molecule has 0 atom stereocenters. The number of hydrogen-bond acceptors (Lipinski definition) is 5. The van der Waals surface area contributed by atoms with E-state index in [9.17, 15) is 4.79 Å². The van der Waals surface area contributed by atoms with Gasteiger partial charge in [0.05, 0.1) is 16.7 Å². The van der Waals surface area contributed by atoms with Crippen molar-refractivity contribution in [3.8, 4) is 5.69 Å². The molecular weight excluding hydrogens is 368 g/mol. The molecule has 0 aliphatic rings. The van der Waals surface area contributed by atoms with Crippen LogP contribution in [-0.2, 0) is 4.79 Å². The van der Waals surface area contributed by atoms with E-state index in [1.165, 1.54) is 18.7 Å². The predicted molar refractivity (Wildman–Crippen MR) is 115 cm³/mol. The van der Waals surface area contributed by atoms with Crippen LogP contribution in [0.3, 0.4) is 0 Å². The zero-order valence-corrected chi connectivity index (χ0v) is 16.1. The van der Waals surface area contributed by atoms with E-state index in [4.69, 9.17) is 4.98 Å². The largest absolute Gasteiger partial charge is 0.292 e. The SMILES string of the molecule is CC(=O)C(=NNc1ccccc1)Sc1nc2ccccc2n1-c1ccccc1. The maximum atomic E-state index is 12.2. The Balaban J connectivity index is 1.74. The van der Waals surface area contributed by atoms with Crippen LogP contribution in [0.4, 0.5) is 5.69 Å². The zero-order chi connectivity index (χ0) is 19.3. The Morgan fingerprint density at radius 1 is 0.929 bits per heavy atom. The lowest BCUT2D eigenvalue weighted by atomic mass is 10.3. The van der Waals surface area contributed by atoms with Gasteiger partial charge in [-0.3, -0.25) is 14.8 Å². The maximum Gasteiger partial charge on any atom is 0.186 e. The van der Waals surface area contributed by atoms with E-state index in [0.717, 1.165) is 22.4 Å². The van der Waals surface area contributed by atoms with E-state index >= 15 is 0 Å². The Bertz CT molecular complexity index is 1140. The number of rotatable bonds is 5. The van der Waals surface area contributed by atoms with E-state index in [2.05, 4.69) is 10.5 Å². The number of nitrogens with zero attached hydrogens (tertiary/aromatic N) is 3. The van der Waals surface area contributed by atoms with Crippen molar-refractivity contribution < 1.29 is 4.79 Å². The first-order valence-corrected chi connectivity index (χ1v) is 9.64. The summed E-state index contributed by atoms with van der Waals surface area (Å²) in [5.41, 5.74) is 6.60. The van der Waals surface area contributed by atoms with Gasteiger partial charge in [0.1, 0.15) is 0 Å². The Hall–Kier alpha value is -3.38. The second-order valence-electron chi connectivity index (χ2n) is 6.11. The number of hydrogen-bond donors (Lipinski definition) is 1. The third-order valence-electron chi connectivity index (χ3n) is 4.09. The monoisotopic (exact) mass is 386 g/mol. The molecule has 0 bridgehead atoms. The van der Waals surface area contributed by atoms with Crippen molar-refractivity contribution in [3.05, 3.63) is 84.9 Å². The molecule has 5 nitrogen and oxygen atoms in total. The number of benzene rings is 3. The molecule has 0 saturated heterocycles. The quantitative estimate of drug-likeness (QED) is 0.223. The fourth-order valence-electron chi connectivity index (χ4n) is 2.79. The van der Waals surface area contributed by atoms with E-state index < -0.39 is 0 Å². The molecule has 0 aliphatic heterocycles. The topological polar surface area (TPSA) is 59.3 Å². The summed E-state index contributed by atoms with van der Waals surface area (Å²) in [6.45, 7) is 1.51. The number of ketones is 1. The first-order chi connectivity index (χ1) is 13.7. The molecule has 6 heteroatoms. The van der Waals surface area contributed by atoms with Gasteiger partial charge >= 0.3 is 0 Å². The molecule has 4 rings (SSSR count). The molecule has 3 aromatic carbocycles. The van der Waals surface area contributed by atoms with E-state index in [-0.39, 0.29) is 5.78 Å². The molecule has 138 valence electrons. The van der Waals surface area contributed by atoms with Crippen LogP contribution < -0.4 is 5.43 Å². The summed E-state index contributed by atoms with van der Waals surface area (Å²) in [5, 5.41) is 5.36. The van der Waals surface area contributed by atoms with Crippen LogP contribution in [0, 0.1) is 0 Å². The number of thioether (sulfide) groups is 1. The summed E-state index contributed by atoms with van der Waals surface area (Å²) in [4.78, 5) is 16.9. The van der Waals surface area contributed by atoms with Gasteiger partial charge in [0.2, 0.25) is 0 Å². The first kappa shape index (κ1) is 18.0. The molecule has 0 aliphatic carbocycles. The standard InChI is InChI=1S/C22H18N4OS/c1-16(27)21(25-24-17-10-4-2-5-11-17)28-22-23-19-14-8-9-15-20(19)26(22)18-12-6-3-7-13-18/h2-15,24H,1H3. The van der Waals surface area contributed by atoms with Gasteiger partial charge in [-0.25, -0.2) is 4.98 Å². The van der Waals surface area contributed by atoms with Crippen molar-refractivity contribution in [2.75, 3.05) is 5.43 Å². The molecule has 0 amide bonds. The van der Waals surface area contributed by atoms with Gasteiger partial charge < -0.3 is 0 Å². The van der Waals surface area contributed by atoms with Crippen molar-refractivity contribution in [2.45, 2.75) is 12.1 Å². The lowest BCUT2D eigenvalue weighted by molar-refractivity contribution is -0.110. The second kappa shape index (κ2) is 8.10. The predicted octanol–water partition coefficient (Wildman–Crippen LogP) is 5.13. The average Bonchev–Trinajstić information content (AvgIpc) is 3.10. The van der Waals surface area contributed by atoms with Gasteiger partial charge in [-0.2, -0.15) is 5.10 Å². The van der Waals surface area contributed by atoms with Crippen molar-refractivity contribution >= 4 is 39.3 Å². The fraction of sp³-hybridized carbons (Fsp3) is 0.0455. The average molecular weight is 386 g/mol. The Kier molecular flexibility index (Phi) is 5.21. The van der Waals surface area contributed by atoms with Crippen LogP contribution in [0.5, 0.6) is 0 Å². The highest BCUT2D eigenvalue weighted by atomic mass is 32.2. The summed E-state index contributed by atoms with van der Waals surface area (Å²) in [5.74, 6) is -0.125. The minimum absolute atomic E-state index is 0.125. The number of aromatic nitrogens is 2. The molecule has 0 unspecified atom stereocenters. The summed E-state index contributed by atoms with van der Waals surface area (Å²) < 4.78 is 2.04. The lowest BCUT2D eigenvalue weighted by Crippen LogP contribution is -2.10. The van der Waals surface area contributed by atoms with Crippen molar-refractivity contribution in [2.24, 2.45) is 5.10 Å². The van der Waals surface area contributed by atoms with E-state index in [1.54, 1.807) is 0 Å². The molecule has 0 radical (unpaired) electrons. The van der Waals surface area contributed by atoms with Crippen molar-refractivity contribution in [1.82, 2.24) is 9.55 Å². The smallest absolute Gasteiger partial charge is 0.186 e. The number of imidazole rings is 1. The van der Waals surface area contributed by atoms with Crippen LogP contribution in [0.25, 0.3) is 16.7 Å². The molecule has 1 aromatic heterocycles. The maximum absolute atomic E-state index is 12.2. The highest BCUT2D eigenvalue weighted by Gasteiger charge is 2.17. The molecule has 28 heavy (non-hydrogen) atoms. The Morgan fingerprint density at radius 2 is 1.57 bits per heavy atom. The van der Waals surface area contributed by atoms with Gasteiger partial charge in [-0.15, -0.1) is 0 Å². The van der Waals surface area contributed by atoms with Gasteiger partial charge in [-0.1, -0.05) is 48.5 Å². The number of para-hydroxylation sites is 4. The minimum atomic E-state index is -0.125. The van der Waals surface area contributed by atoms with E-state index in [1.807, 2.05) is 89.5 Å². The van der Waals surface area contributed by atoms with Crippen LogP contribution in [-0.4, -0.2) is 20.4 Å². The third kappa shape index (κ3) is 3.82. The number of anilines is 1. The molecule has 0 saturated carbocycles. The number of fused-ring (bicyclic) bond motifs is 1. The minimum Gasteiger partial charge on any atom is -0.292 e. The van der Waals surface area contributed by atoms with Gasteiger partial charge in [0, 0.05) is 12.6 Å². The molecule has 0 fully saturated rings. The first-order valence-electron chi connectivity index (χ1n) is 8.83. The van der Waals surface area contributed by atoms with Crippen LogP contribution in [0.2, 0.25) is 0 Å². The highest BCUT2D eigenvalue weighted by Crippen LogP contribution is 2.29. The van der Waals surface area contributed by atoms with Crippen LogP contribution >= 0.6 is 11.8 Å². The molecular formula is C22H18N4OS. The van der Waals surface area contributed by atoms with Gasteiger partial charge in [0.15, 0.2) is 16.0 Å². The van der Waals surface area contributed by atoms with Crippen LogP contribution in [0.1, 0.15) is 6.92 Å². The fourth-order valence-corrected chi connectivity index (χ4v) is 3.63. The second-order valence-corrected chi connectivity index (χ2v) is 7.06. The summed E-state index contributed by atoms with van der Waals surface area (Å²) in [6, 6.07) is 27.4. The normalized spacial score (nSPS) is 11.5. The van der Waals surface area contributed by atoms with Gasteiger partial charge in [0.25, 0.3) is 0 Å². The van der Waals surface area contributed by atoms with E-state index in [0.29, 0.717) is 10.2 Å². The Labute approximate surface area is 167 Å². The Morgan fingerprint density at radius 3 is 2.29 bits per heavy atom. The van der Waals surface area contributed by atoms with Crippen molar-refractivity contribution in [3.63, 3.8) is 0 Å². The zero-order valence-electron chi connectivity index (χ0n) is 15.2. The number of Topliss-reactive ketones (excluding diaryl/α,β-unsaturated/α-hetero) is 1. The highest BCUT2D eigenvalue weighted by molar-refractivity contribution is 8.15.